The summed E-state index contributed by atoms with van der Waals surface area (Å²) in [5.74, 6) is 0.308. The molecule has 2 N–H and O–H groups in total. The van der Waals surface area contributed by atoms with E-state index in [2.05, 4.69) is 0 Å². The Kier molecular flexibility index (Phi) is 3.77. The fraction of sp³-hybridized carbons (Fsp3) is 0.467. The maximum absolute atomic E-state index is 12.8. The molecule has 0 aromatic heterocycles. The summed E-state index contributed by atoms with van der Waals surface area (Å²) < 4.78 is 10.4. The largest absolute Gasteiger partial charge is 0.493 e. The second-order valence-corrected chi connectivity index (χ2v) is 5.50. The van der Waals surface area contributed by atoms with Crippen LogP contribution in [0.3, 0.4) is 0 Å². The van der Waals surface area contributed by atoms with Crippen LogP contribution in [-0.2, 0) is 0 Å². The molecule has 0 bridgehead atoms. The first-order valence-corrected chi connectivity index (χ1v) is 7.26. The fourth-order valence-corrected chi connectivity index (χ4v) is 3.28. The van der Waals surface area contributed by atoms with Crippen LogP contribution in [0.5, 0.6) is 11.5 Å². The predicted molar refractivity (Wildman–Crippen MR) is 80.1 cm³/mol. The smallest absolute Gasteiger partial charge is 0.414 e. The summed E-state index contributed by atoms with van der Waals surface area (Å²) >= 11 is 0. The van der Waals surface area contributed by atoms with Crippen LogP contribution in [0.1, 0.15) is 23.2 Å². The molecule has 23 heavy (non-hydrogen) atoms. The molecule has 124 valence electrons. The van der Waals surface area contributed by atoms with Gasteiger partial charge in [0.05, 0.1) is 31.5 Å². The molecule has 0 aliphatic carbocycles. The van der Waals surface area contributed by atoms with Gasteiger partial charge in [-0.3, -0.25) is 4.79 Å². The van der Waals surface area contributed by atoms with Gasteiger partial charge in [-0.2, -0.15) is 0 Å². The van der Waals surface area contributed by atoms with E-state index >= 15 is 0 Å². The van der Waals surface area contributed by atoms with Gasteiger partial charge < -0.3 is 24.6 Å². The number of methoxy groups -OCH3 is 2. The summed E-state index contributed by atoms with van der Waals surface area (Å²) in [6, 6.07) is 2.31. The van der Waals surface area contributed by atoms with Gasteiger partial charge in [0.2, 0.25) is 0 Å². The average molecular weight is 322 g/mol. The molecule has 0 saturated carbocycles. The molecule has 0 radical (unpaired) electrons. The summed E-state index contributed by atoms with van der Waals surface area (Å²) in [6.07, 6.45) is -1.37. The lowest BCUT2D eigenvalue weighted by Crippen LogP contribution is -2.50. The van der Waals surface area contributed by atoms with Gasteiger partial charge in [-0.15, -0.1) is 0 Å². The summed E-state index contributed by atoms with van der Waals surface area (Å²) in [5.41, 5.74) is 0.274. The molecule has 8 heteroatoms. The van der Waals surface area contributed by atoms with Crippen molar-refractivity contribution in [2.45, 2.75) is 25.1 Å². The zero-order valence-corrected chi connectivity index (χ0v) is 12.9. The van der Waals surface area contributed by atoms with Gasteiger partial charge in [-0.05, 0) is 18.9 Å². The molecule has 1 aromatic rings. The van der Waals surface area contributed by atoms with E-state index in [1.54, 1.807) is 0 Å². The van der Waals surface area contributed by atoms with Crippen molar-refractivity contribution in [2.75, 3.05) is 25.7 Å². The summed E-state index contributed by atoms with van der Waals surface area (Å²) in [4.78, 5) is 26.8. The van der Waals surface area contributed by atoms with Crippen LogP contribution in [0, 0.1) is 0 Å². The number of aliphatic hydroxyl groups is 1. The molecule has 2 amide bonds. The van der Waals surface area contributed by atoms with E-state index in [9.17, 15) is 19.8 Å². The first-order chi connectivity index (χ1) is 11.0. The van der Waals surface area contributed by atoms with E-state index in [0.717, 1.165) is 11.3 Å². The van der Waals surface area contributed by atoms with Crippen LogP contribution < -0.4 is 14.4 Å². The van der Waals surface area contributed by atoms with E-state index in [1.165, 1.54) is 31.3 Å². The Bertz CT molecular complexity index is 662. The maximum atomic E-state index is 12.8. The van der Waals surface area contributed by atoms with Gasteiger partial charge in [0.1, 0.15) is 0 Å². The Hall–Kier alpha value is -2.48. The second kappa shape index (κ2) is 5.62. The Morgan fingerprint density at radius 3 is 2.52 bits per heavy atom. The number of carbonyl (C=O) groups excluding carboxylic acids is 1. The highest BCUT2D eigenvalue weighted by atomic mass is 16.5. The molecule has 0 unspecified atom stereocenters. The minimum Gasteiger partial charge on any atom is -0.493 e. The molecule has 0 spiro atoms. The Morgan fingerprint density at radius 1 is 1.26 bits per heavy atom. The lowest BCUT2D eigenvalue weighted by molar-refractivity contribution is 0.0511. The van der Waals surface area contributed by atoms with Crippen molar-refractivity contribution >= 4 is 17.7 Å². The minimum absolute atomic E-state index is 0.0991. The van der Waals surface area contributed by atoms with E-state index in [-0.39, 0.29) is 17.2 Å². The van der Waals surface area contributed by atoms with Gasteiger partial charge in [-0.1, -0.05) is 0 Å². The van der Waals surface area contributed by atoms with Crippen LogP contribution in [0.2, 0.25) is 0 Å². The van der Waals surface area contributed by atoms with Gasteiger partial charge in [0, 0.05) is 12.6 Å². The molecule has 2 aliphatic rings. The van der Waals surface area contributed by atoms with Gasteiger partial charge in [-0.25, -0.2) is 9.69 Å². The SMILES string of the molecule is COc1cc2c(cc1OC)N(C(=O)O)[C@@H](O)[C@@H]1CCCN1C2=O. The fourth-order valence-electron chi connectivity index (χ4n) is 3.28. The molecule has 2 atom stereocenters. The standard InChI is InChI=1S/C15H18N2O6/c1-22-11-6-8-10(7-12(11)23-2)17(15(20)21)14(19)9-4-3-5-16(9)13(8)18/h6-7,9,14,19H,3-5H2,1-2H3,(H,20,21)/t9-,14-/m0/s1. The number of hydrogen-bond donors (Lipinski definition) is 2. The zero-order valence-electron chi connectivity index (χ0n) is 12.9. The molecular formula is C15H18N2O6. The predicted octanol–water partition coefficient (Wildman–Crippen LogP) is 1.12. The van der Waals surface area contributed by atoms with Crippen LogP contribution in [0.4, 0.5) is 10.5 Å². The third-order valence-corrected chi connectivity index (χ3v) is 4.37. The molecule has 1 fully saturated rings. The van der Waals surface area contributed by atoms with Crippen LogP contribution in [-0.4, -0.2) is 60.1 Å². The van der Waals surface area contributed by atoms with Gasteiger partial charge in [0.25, 0.3) is 5.91 Å². The highest BCUT2D eigenvalue weighted by Crippen LogP contribution is 2.40. The normalized spacial score (nSPS) is 23.2. The van der Waals surface area contributed by atoms with Crippen molar-refractivity contribution in [2.24, 2.45) is 0 Å². The molecule has 8 nitrogen and oxygen atoms in total. The van der Waals surface area contributed by atoms with Crippen molar-refractivity contribution in [3.63, 3.8) is 0 Å². The number of amides is 2. The summed E-state index contributed by atoms with van der Waals surface area (Å²) in [5, 5.41) is 20.1. The quantitative estimate of drug-likeness (QED) is 0.846. The first kappa shape index (κ1) is 15.4. The van der Waals surface area contributed by atoms with Crippen molar-refractivity contribution in [3.8, 4) is 11.5 Å². The van der Waals surface area contributed by atoms with Crippen LogP contribution in [0.15, 0.2) is 12.1 Å². The number of aliphatic hydroxyl groups excluding tert-OH is 1. The summed E-state index contributed by atoms with van der Waals surface area (Å²) in [6.45, 7) is 0.488. The number of carboxylic acid groups (broad SMARTS) is 1. The van der Waals surface area contributed by atoms with Crippen molar-refractivity contribution in [3.05, 3.63) is 17.7 Å². The number of rotatable bonds is 2. The van der Waals surface area contributed by atoms with Crippen molar-refractivity contribution < 1.29 is 29.3 Å². The third kappa shape index (κ3) is 2.26. The molecular weight excluding hydrogens is 304 g/mol. The number of hydrogen-bond acceptors (Lipinski definition) is 5. The highest BCUT2D eigenvalue weighted by Gasteiger charge is 2.44. The Morgan fingerprint density at radius 2 is 1.91 bits per heavy atom. The molecule has 1 saturated heterocycles. The third-order valence-electron chi connectivity index (χ3n) is 4.37. The van der Waals surface area contributed by atoms with E-state index in [0.29, 0.717) is 24.5 Å². The molecule has 2 aliphatic heterocycles. The van der Waals surface area contributed by atoms with Crippen molar-refractivity contribution in [1.82, 2.24) is 4.90 Å². The maximum Gasteiger partial charge on any atom is 0.414 e. The monoisotopic (exact) mass is 322 g/mol. The minimum atomic E-state index is -1.33. The first-order valence-electron chi connectivity index (χ1n) is 7.26. The Balaban J connectivity index is 2.23. The lowest BCUT2D eigenvalue weighted by Gasteiger charge is -2.30. The second-order valence-electron chi connectivity index (χ2n) is 5.50. The Labute approximate surface area is 132 Å². The summed E-state index contributed by atoms with van der Waals surface area (Å²) in [7, 11) is 2.86. The topological polar surface area (TPSA) is 99.5 Å². The van der Waals surface area contributed by atoms with Gasteiger partial charge >= 0.3 is 6.09 Å². The van der Waals surface area contributed by atoms with E-state index in [1.807, 2.05) is 0 Å². The van der Waals surface area contributed by atoms with Gasteiger partial charge in [0.15, 0.2) is 17.7 Å². The highest BCUT2D eigenvalue weighted by molar-refractivity contribution is 6.05. The van der Waals surface area contributed by atoms with E-state index < -0.39 is 18.4 Å². The van der Waals surface area contributed by atoms with E-state index in [4.69, 9.17) is 9.47 Å². The number of anilines is 1. The number of nitrogens with zero attached hydrogens (tertiary/aromatic N) is 2. The molecule has 1 aromatic carbocycles. The zero-order chi connectivity index (χ0) is 16.7. The molecule has 3 rings (SSSR count). The van der Waals surface area contributed by atoms with Crippen molar-refractivity contribution in [1.29, 1.82) is 0 Å². The number of ether oxygens (including phenoxy) is 2. The number of carbonyl (C=O) groups is 2. The number of benzene rings is 1. The van der Waals surface area contributed by atoms with Crippen LogP contribution in [0.25, 0.3) is 0 Å². The molecule has 2 heterocycles. The lowest BCUT2D eigenvalue weighted by atomic mass is 10.1. The average Bonchev–Trinajstić information content (AvgIpc) is 3.00. The van der Waals surface area contributed by atoms with Crippen LogP contribution >= 0.6 is 0 Å². The number of fused-ring (bicyclic) bond motifs is 2.